The van der Waals surface area contributed by atoms with Crippen molar-refractivity contribution < 1.29 is 9.18 Å². The van der Waals surface area contributed by atoms with E-state index in [1.165, 1.54) is 31.0 Å². The van der Waals surface area contributed by atoms with Crippen LogP contribution in [0.4, 0.5) is 15.8 Å². The molecular weight excluding hydrogens is 269 g/mol. The molecule has 3 N–H and O–H groups in total. The zero-order valence-electron chi connectivity index (χ0n) is 12.6. The van der Waals surface area contributed by atoms with E-state index in [1.54, 1.807) is 0 Å². The highest BCUT2D eigenvalue weighted by atomic mass is 19.1. The summed E-state index contributed by atoms with van der Waals surface area (Å²) in [5.41, 5.74) is 6.19. The highest BCUT2D eigenvalue weighted by Gasteiger charge is 2.27. The zero-order valence-corrected chi connectivity index (χ0v) is 12.6. The van der Waals surface area contributed by atoms with Crippen LogP contribution in [0, 0.1) is 5.82 Å². The Kier molecular flexibility index (Phi) is 5.56. The molecule has 1 aliphatic rings. The second-order valence-corrected chi connectivity index (χ2v) is 5.66. The number of nitrogens with zero attached hydrogens (tertiary/aromatic N) is 1. The van der Waals surface area contributed by atoms with Crippen molar-refractivity contribution in [3.63, 3.8) is 0 Å². The first-order valence-corrected chi connectivity index (χ1v) is 7.69. The number of nitrogens with one attached hydrogen (secondary N) is 1. The molecule has 1 amide bonds. The quantitative estimate of drug-likeness (QED) is 0.724. The topological polar surface area (TPSA) is 58.4 Å². The summed E-state index contributed by atoms with van der Waals surface area (Å²) < 4.78 is 13.5. The molecule has 1 aliphatic carbocycles. The molecular formula is C16H24FN3O. The van der Waals surface area contributed by atoms with Crippen LogP contribution in [0.2, 0.25) is 0 Å². The molecule has 5 heteroatoms. The van der Waals surface area contributed by atoms with Crippen LogP contribution in [0.5, 0.6) is 0 Å². The van der Waals surface area contributed by atoms with Crippen LogP contribution < -0.4 is 11.1 Å². The van der Waals surface area contributed by atoms with Crippen molar-refractivity contribution in [3.8, 4) is 0 Å². The van der Waals surface area contributed by atoms with Crippen LogP contribution in [0.3, 0.4) is 0 Å². The van der Waals surface area contributed by atoms with Crippen molar-refractivity contribution in [3.05, 3.63) is 24.0 Å². The van der Waals surface area contributed by atoms with E-state index in [2.05, 4.69) is 17.1 Å². The molecule has 21 heavy (non-hydrogen) atoms. The van der Waals surface area contributed by atoms with Gasteiger partial charge in [-0.2, -0.15) is 0 Å². The first-order chi connectivity index (χ1) is 10.1. The maximum atomic E-state index is 13.5. The molecule has 1 aromatic carbocycles. The lowest BCUT2D eigenvalue weighted by molar-refractivity contribution is -0.116. The zero-order chi connectivity index (χ0) is 15.2. The Balaban J connectivity index is 1.75. The van der Waals surface area contributed by atoms with Crippen molar-refractivity contribution >= 4 is 17.3 Å². The maximum absolute atomic E-state index is 13.5. The first-order valence-electron chi connectivity index (χ1n) is 7.69. The minimum absolute atomic E-state index is 0.160. The highest BCUT2D eigenvalue weighted by molar-refractivity contribution is 5.91. The van der Waals surface area contributed by atoms with Gasteiger partial charge in [-0.15, -0.1) is 0 Å². The molecule has 0 heterocycles. The molecule has 0 atom stereocenters. The van der Waals surface area contributed by atoms with Gasteiger partial charge in [0, 0.05) is 18.2 Å². The summed E-state index contributed by atoms with van der Waals surface area (Å²) in [6.45, 7) is 4.20. The highest BCUT2D eigenvalue weighted by Crippen LogP contribution is 2.27. The first kappa shape index (κ1) is 15.8. The lowest BCUT2D eigenvalue weighted by atomic mass is 10.2. The van der Waals surface area contributed by atoms with Crippen molar-refractivity contribution in [1.82, 2.24) is 4.90 Å². The minimum atomic E-state index is -0.455. The molecule has 0 aliphatic heterocycles. The number of carbonyl (C=O) groups is 1. The Morgan fingerprint density at radius 2 is 2.19 bits per heavy atom. The molecule has 2 rings (SSSR count). The second kappa shape index (κ2) is 7.41. The third-order valence-electron chi connectivity index (χ3n) is 3.69. The number of anilines is 2. The molecule has 0 bridgehead atoms. The fourth-order valence-electron chi connectivity index (χ4n) is 2.50. The molecule has 0 aromatic heterocycles. The third kappa shape index (κ3) is 5.01. The van der Waals surface area contributed by atoms with Gasteiger partial charge in [-0.3, -0.25) is 4.79 Å². The number of nitrogen functional groups attached to an aromatic ring is 1. The lowest BCUT2D eigenvalue weighted by Crippen LogP contribution is -2.28. The van der Waals surface area contributed by atoms with E-state index >= 15 is 0 Å². The van der Waals surface area contributed by atoms with Crippen LogP contribution in [0.15, 0.2) is 18.2 Å². The van der Waals surface area contributed by atoms with E-state index in [-0.39, 0.29) is 11.6 Å². The Bertz CT molecular complexity index is 488. The minimum Gasteiger partial charge on any atom is -0.399 e. The van der Waals surface area contributed by atoms with E-state index in [4.69, 9.17) is 5.73 Å². The predicted octanol–water partition coefficient (Wildman–Crippen LogP) is 3.00. The smallest absolute Gasteiger partial charge is 0.224 e. The van der Waals surface area contributed by atoms with Crippen LogP contribution in [0.25, 0.3) is 0 Å². The monoisotopic (exact) mass is 293 g/mol. The Labute approximate surface area is 125 Å². The standard InChI is InChI=1S/C16H24FN3O/c1-2-9-20(13-6-7-13)10-3-4-16(21)19-15-11-12(18)5-8-14(15)17/h5,8,11,13H,2-4,6-7,9-10,18H2,1H3,(H,19,21). The molecule has 1 aromatic rings. The predicted molar refractivity (Wildman–Crippen MR) is 83.6 cm³/mol. The average molecular weight is 293 g/mol. The van der Waals surface area contributed by atoms with Crippen LogP contribution in [-0.4, -0.2) is 29.9 Å². The third-order valence-corrected chi connectivity index (χ3v) is 3.69. The van der Waals surface area contributed by atoms with Crippen LogP contribution in [-0.2, 0) is 4.79 Å². The number of hydrogen-bond acceptors (Lipinski definition) is 3. The fourth-order valence-corrected chi connectivity index (χ4v) is 2.50. The SMILES string of the molecule is CCCN(CCCC(=O)Nc1cc(N)ccc1F)C1CC1. The molecule has 1 fully saturated rings. The van der Waals surface area contributed by atoms with E-state index in [0.29, 0.717) is 12.1 Å². The van der Waals surface area contributed by atoms with Gasteiger partial charge < -0.3 is 16.0 Å². The van der Waals surface area contributed by atoms with Crippen molar-refractivity contribution in [1.29, 1.82) is 0 Å². The van der Waals surface area contributed by atoms with Gasteiger partial charge in [-0.1, -0.05) is 6.92 Å². The number of hydrogen-bond donors (Lipinski definition) is 2. The second-order valence-electron chi connectivity index (χ2n) is 5.66. The number of halogens is 1. The van der Waals surface area contributed by atoms with E-state index in [1.807, 2.05) is 0 Å². The molecule has 0 spiro atoms. The summed E-state index contributed by atoms with van der Waals surface area (Å²) in [6, 6.07) is 4.91. The van der Waals surface area contributed by atoms with Gasteiger partial charge in [0.05, 0.1) is 5.69 Å². The summed E-state index contributed by atoms with van der Waals surface area (Å²) in [7, 11) is 0. The van der Waals surface area contributed by atoms with Crippen molar-refractivity contribution in [2.24, 2.45) is 0 Å². The molecule has 0 saturated heterocycles. The molecule has 0 unspecified atom stereocenters. The van der Waals surface area contributed by atoms with Gasteiger partial charge in [-0.05, 0) is 57.0 Å². The molecule has 116 valence electrons. The Morgan fingerprint density at radius 3 is 2.86 bits per heavy atom. The summed E-state index contributed by atoms with van der Waals surface area (Å²) in [5, 5.41) is 2.59. The van der Waals surface area contributed by atoms with Gasteiger partial charge in [0.2, 0.25) is 5.91 Å². The number of nitrogens with two attached hydrogens (primary N) is 1. The molecule has 4 nitrogen and oxygen atoms in total. The van der Waals surface area contributed by atoms with Gasteiger partial charge in [0.1, 0.15) is 5.82 Å². The molecule has 1 saturated carbocycles. The van der Waals surface area contributed by atoms with Gasteiger partial charge in [-0.25, -0.2) is 4.39 Å². The number of benzene rings is 1. The fraction of sp³-hybridized carbons (Fsp3) is 0.562. The Hall–Kier alpha value is -1.62. The summed E-state index contributed by atoms with van der Waals surface area (Å²) in [6.07, 6.45) is 4.89. The largest absolute Gasteiger partial charge is 0.399 e. The summed E-state index contributed by atoms with van der Waals surface area (Å²) >= 11 is 0. The summed E-state index contributed by atoms with van der Waals surface area (Å²) in [5.74, 6) is -0.616. The lowest BCUT2D eigenvalue weighted by Gasteiger charge is -2.20. The maximum Gasteiger partial charge on any atom is 0.224 e. The Morgan fingerprint density at radius 1 is 1.43 bits per heavy atom. The number of carbonyl (C=O) groups excluding carboxylic acids is 1. The van der Waals surface area contributed by atoms with E-state index < -0.39 is 5.82 Å². The average Bonchev–Trinajstić information content (AvgIpc) is 3.26. The molecule has 0 radical (unpaired) electrons. The number of amides is 1. The number of rotatable bonds is 8. The van der Waals surface area contributed by atoms with Gasteiger partial charge in [0.15, 0.2) is 0 Å². The van der Waals surface area contributed by atoms with E-state index in [0.717, 1.165) is 32.0 Å². The van der Waals surface area contributed by atoms with Crippen molar-refractivity contribution in [2.75, 3.05) is 24.1 Å². The summed E-state index contributed by atoms with van der Waals surface area (Å²) in [4.78, 5) is 14.3. The normalized spacial score (nSPS) is 14.4. The van der Waals surface area contributed by atoms with E-state index in [9.17, 15) is 9.18 Å². The van der Waals surface area contributed by atoms with Gasteiger partial charge >= 0.3 is 0 Å². The van der Waals surface area contributed by atoms with Gasteiger partial charge in [0.25, 0.3) is 0 Å². The van der Waals surface area contributed by atoms with Crippen molar-refractivity contribution in [2.45, 2.75) is 45.1 Å². The van der Waals surface area contributed by atoms with Crippen LogP contribution in [0.1, 0.15) is 39.0 Å². The van der Waals surface area contributed by atoms with Crippen LogP contribution >= 0.6 is 0 Å².